The predicted molar refractivity (Wildman–Crippen MR) is 103 cm³/mol. The number of aromatic nitrogens is 2. The van der Waals surface area contributed by atoms with Crippen LogP contribution < -0.4 is 0 Å². The van der Waals surface area contributed by atoms with Crippen molar-refractivity contribution in [3.63, 3.8) is 0 Å². The fourth-order valence-electron chi connectivity index (χ4n) is 4.29. The van der Waals surface area contributed by atoms with Crippen molar-refractivity contribution in [3.05, 3.63) is 17.0 Å². The molecule has 5 heteroatoms. The van der Waals surface area contributed by atoms with Gasteiger partial charge < -0.3 is 9.64 Å². The van der Waals surface area contributed by atoms with Crippen LogP contribution in [0.15, 0.2) is 0 Å². The van der Waals surface area contributed by atoms with Gasteiger partial charge in [-0.25, -0.2) is 4.79 Å². The zero-order chi connectivity index (χ0) is 19.1. The highest BCUT2D eigenvalue weighted by molar-refractivity contribution is 5.68. The summed E-state index contributed by atoms with van der Waals surface area (Å²) >= 11 is 0. The molecule has 5 nitrogen and oxygen atoms in total. The molecule has 1 aliphatic carbocycles. The number of fused-ring (bicyclic) bond motifs is 1. The molecular weight excluding hydrogens is 326 g/mol. The number of nitrogens with zero attached hydrogens (tertiary/aromatic N) is 2. The van der Waals surface area contributed by atoms with E-state index in [-0.39, 0.29) is 6.09 Å². The Balaban J connectivity index is 1.74. The quantitative estimate of drug-likeness (QED) is 0.790. The fraction of sp³-hybridized carbons (Fsp3) is 0.810. The zero-order valence-corrected chi connectivity index (χ0v) is 17.3. The van der Waals surface area contributed by atoms with E-state index in [0.29, 0.717) is 23.8 Å². The third kappa shape index (κ3) is 4.24. The van der Waals surface area contributed by atoms with Crippen molar-refractivity contribution in [2.45, 2.75) is 85.2 Å². The molecule has 0 aromatic carbocycles. The second-order valence-corrected chi connectivity index (χ2v) is 10.1. The van der Waals surface area contributed by atoms with E-state index in [1.54, 1.807) is 0 Å². The van der Waals surface area contributed by atoms with Crippen molar-refractivity contribution in [1.29, 1.82) is 0 Å². The van der Waals surface area contributed by atoms with Crippen LogP contribution >= 0.6 is 0 Å². The Morgan fingerprint density at radius 1 is 1.19 bits per heavy atom. The Kier molecular flexibility index (Phi) is 5.11. The third-order valence-corrected chi connectivity index (χ3v) is 5.86. The number of aryl methyl sites for hydroxylation is 1. The zero-order valence-electron chi connectivity index (χ0n) is 17.3. The number of hydrogen-bond donors (Lipinski definition) is 1. The summed E-state index contributed by atoms with van der Waals surface area (Å²) in [5, 5.41) is 8.00. The van der Waals surface area contributed by atoms with Crippen molar-refractivity contribution >= 4 is 6.09 Å². The standard InChI is InChI=1S/C21H35N3O2/c1-20(2,3)15-9-10-17-16(12-15)18(23-22-17)14-8-7-11-24(13-14)19(25)26-21(4,5)6/h14-15H,7-13H2,1-6H3,(H,22,23). The number of hydrogen-bond acceptors (Lipinski definition) is 3. The van der Waals surface area contributed by atoms with Gasteiger partial charge in [-0.3, -0.25) is 5.10 Å². The molecule has 26 heavy (non-hydrogen) atoms. The Morgan fingerprint density at radius 3 is 2.58 bits per heavy atom. The maximum Gasteiger partial charge on any atom is 0.410 e. The van der Waals surface area contributed by atoms with E-state index in [9.17, 15) is 4.79 Å². The lowest BCUT2D eigenvalue weighted by Gasteiger charge is -2.36. The molecule has 2 heterocycles. The number of amides is 1. The van der Waals surface area contributed by atoms with Crippen LogP contribution in [0.3, 0.4) is 0 Å². The third-order valence-electron chi connectivity index (χ3n) is 5.86. The Hall–Kier alpha value is -1.52. The molecule has 1 saturated heterocycles. The van der Waals surface area contributed by atoms with Gasteiger partial charge in [0.1, 0.15) is 5.60 Å². The number of carbonyl (C=O) groups excluding carboxylic acids is 1. The van der Waals surface area contributed by atoms with Gasteiger partial charge in [-0.05, 0) is 69.8 Å². The van der Waals surface area contributed by atoms with Gasteiger partial charge in [0.15, 0.2) is 0 Å². The molecule has 2 aliphatic rings. The number of ether oxygens (including phenoxy) is 1. The van der Waals surface area contributed by atoms with Gasteiger partial charge in [-0.15, -0.1) is 0 Å². The number of H-pyrrole nitrogens is 1. The molecule has 1 N–H and O–H groups in total. The first-order valence-electron chi connectivity index (χ1n) is 10.1. The highest BCUT2D eigenvalue weighted by atomic mass is 16.6. The van der Waals surface area contributed by atoms with E-state index < -0.39 is 5.60 Å². The molecule has 1 fully saturated rings. The number of aromatic amines is 1. The van der Waals surface area contributed by atoms with Crippen LogP contribution in [0.2, 0.25) is 0 Å². The lowest BCUT2D eigenvalue weighted by Crippen LogP contribution is -2.42. The van der Waals surface area contributed by atoms with Gasteiger partial charge in [0, 0.05) is 24.7 Å². The van der Waals surface area contributed by atoms with Crippen molar-refractivity contribution in [2.75, 3.05) is 13.1 Å². The Bertz CT molecular complexity index is 651. The average molecular weight is 362 g/mol. The van der Waals surface area contributed by atoms with Crippen molar-refractivity contribution in [3.8, 4) is 0 Å². The minimum Gasteiger partial charge on any atom is -0.444 e. The lowest BCUT2D eigenvalue weighted by atomic mass is 9.71. The van der Waals surface area contributed by atoms with Gasteiger partial charge in [0.25, 0.3) is 0 Å². The van der Waals surface area contributed by atoms with Gasteiger partial charge in [-0.1, -0.05) is 20.8 Å². The molecule has 3 rings (SSSR count). The molecule has 1 aromatic heterocycles. The fourth-order valence-corrected chi connectivity index (χ4v) is 4.29. The van der Waals surface area contributed by atoms with Crippen LogP contribution in [-0.2, 0) is 17.6 Å². The summed E-state index contributed by atoms with van der Waals surface area (Å²) in [6.45, 7) is 14.3. The molecule has 1 aromatic rings. The second-order valence-electron chi connectivity index (χ2n) is 10.1. The van der Waals surface area contributed by atoms with Crippen LogP contribution in [-0.4, -0.2) is 39.9 Å². The Labute approximate surface area is 157 Å². The highest BCUT2D eigenvalue weighted by Crippen LogP contribution is 2.40. The monoisotopic (exact) mass is 361 g/mol. The molecule has 146 valence electrons. The molecule has 1 amide bonds. The summed E-state index contributed by atoms with van der Waals surface area (Å²) in [5.41, 5.74) is 3.81. The number of likely N-dealkylation sites (tertiary alicyclic amines) is 1. The SMILES string of the molecule is CC(C)(C)OC(=O)N1CCCC(c2n[nH]c3c2CC(C(C)(C)C)CC3)C1. The summed E-state index contributed by atoms with van der Waals surface area (Å²) in [7, 11) is 0. The minimum atomic E-state index is -0.449. The van der Waals surface area contributed by atoms with E-state index in [1.165, 1.54) is 23.4 Å². The van der Waals surface area contributed by atoms with Crippen LogP contribution in [0.25, 0.3) is 0 Å². The van der Waals surface area contributed by atoms with Gasteiger partial charge in [-0.2, -0.15) is 5.10 Å². The van der Waals surface area contributed by atoms with Crippen molar-refractivity contribution in [1.82, 2.24) is 15.1 Å². The molecule has 2 atom stereocenters. The second kappa shape index (κ2) is 6.90. The summed E-state index contributed by atoms with van der Waals surface area (Å²) in [4.78, 5) is 14.3. The molecule has 0 spiro atoms. The van der Waals surface area contributed by atoms with Crippen LogP contribution in [0.4, 0.5) is 4.79 Å². The van der Waals surface area contributed by atoms with Gasteiger partial charge >= 0.3 is 6.09 Å². The number of carbonyl (C=O) groups is 1. The average Bonchev–Trinajstić information content (AvgIpc) is 2.95. The van der Waals surface area contributed by atoms with E-state index >= 15 is 0 Å². The van der Waals surface area contributed by atoms with E-state index in [2.05, 4.69) is 25.9 Å². The normalized spacial score (nSPS) is 24.3. The van der Waals surface area contributed by atoms with Crippen molar-refractivity contribution in [2.24, 2.45) is 11.3 Å². The molecule has 2 unspecified atom stereocenters. The largest absolute Gasteiger partial charge is 0.444 e. The summed E-state index contributed by atoms with van der Waals surface area (Å²) < 4.78 is 5.58. The number of rotatable bonds is 1. The van der Waals surface area contributed by atoms with Crippen LogP contribution in [0.5, 0.6) is 0 Å². The maximum atomic E-state index is 12.5. The highest BCUT2D eigenvalue weighted by Gasteiger charge is 2.35. The lowest BCUT2D eigenvalue weighted by molar-refractivity contribution is 0.0197. The summed E-state index contributed by atoms with van der Waals surface area (Å²) in [6.07, 6.45) is 5.33. The molecular formula is C21H35N3O2. The topological polar surface area (TPSA) is 58.2 Å². The predicted octanol–water partition coefficient (Wildman–Crippen LogP) is 4.68. The molecule has 0 bridgehead atoms. The number of piperidine rings is 1. The van der Waals surface area contributed by atoms with E-state index in [4.69, 9.17) is 9.84 Å². The minimum absolute atomic E-state index is 0.195. The van der Waals surface area contributed by atoms with E-state index in [0.717, 1.165) is 32.2 Å². The van der Waals surface area contributed by atoms with Crippen LogP contribution in [0, 0.1) is 11.3 Å². The maximum absolute atomic E-state index is 12.5. The first-order valence-corrected chi connectivity index (χ1v) is 10.1. The molecule has 0 saturated carbocycles. The Morgan fingerprint density at radius 2 is 1.92 bits per heavy atom. The first-order chi connectivity index (χ1) is 12.0. The van der Waals surface area contributed by atoms with Gasteiger partial charge in [0.2, 0.25) is 0 Å². The summed E-state index contributed by atoms with van der Waals surface area (Å²) in [6, 6.07) is 0. The molecule has 0 radical (unpaired) electrons. The van der Waals surface area contributed by atoms with E-state index in [1.807, 2.05) is 25.7 Å². The first kappa shape index (κ1) is 19.2. The smallest absolute Gasteiger partial charge is 0.410 e. The van der Waals surface area contributed by atoms with Crippen molar-refractivity contribution < 1.29 is 9.53 Å². The number of nitrogens with one attached hydrogen (secondary N) is 1. The summed E-state index contributed by atoms with van der Waals surface area (Å²) in [5.74, 6) is 1.01. The van der Waals surface area contributed by atoms with Gasteiger partial charge in [0.05, 0.1) is 5.69 Å². The molecule has 1 aliphatic heterocycles. The van der Waals surface area contributed by atoms with Crippen LogP contribution in [0.1, 0.15) is 83.7 Å².